The first kappa shape index (κ1) is 23.1. The predicted molar refractivity (Wildman–Crippen MR) is 117 cm³/mol. The molecule has 1 amide bonds. The summed E-state index contributed by atoms with van der Waals surface area (Å²) in [4.78, 5) is 24.6. The second-order valence-corrected chi connectivity index (χ2v) is 8.65. The Balaban J connectivity index is 1.63. The lowest BCUT2D eigenvalue weighted by atomic mass is 10.2. The molecule has 0 heterocycles. The van der Waals surface area contributed by atoms with Crippen LogP contribution in [0.15, 0.2) is 83.8 Å². The van der Waals surface area contributed by atoms with Gasteiger partial charge in [0.15, 0.2) is 6.10 Å². The molecular formula is C23H21FN2O5S. The number of hydrogen-bond acceptors (Lipinski definition) is 5. The van der Waals surface area contributed by atoms with Gasteiger partial charge in [-0.05, 0) is 55.0 Å². The van der Waals surface area contributed by atoms with Gasteiger partial charge in [-0.3, -0.25) is 4.79 Å². The van der Waals surface area contributed by atoms with Crippen LogP contribution < -0.4 is 10.0 Å². The van der Waals surface area contributed by atoms with Crippen LogP contribution in [0.5, 0.6) is 0 Å². The number of ether oxygens (including phenoxy) is 1. The largest absolute Gasteiger partial charge is 0.449 e. The van der Waals surface area contributed by atoms with Gasteiger partial charge in [-0.25, -0.2) is 22.3 Å². The minimum atomic E-state index is -3.87. The van der Waals surface area contributed by atoms with Crippen molar-refractivity contribution in [3.05, 3.63) is 95.8 Å². The molecule has 1 unspecified atom stereocenters. The van der Waals surface area contributed by atoms with Crippen molar-refractivity contribution in [2.75, 3.05) is 5.32 Å². The molecule has 3 aromatic carbocycles. The van der Waals surface area contributed by atoms with E-state index in [1.54, 1.807) is 24.3 Å². The van der Waals surface area contributed by atoms with E-state index >= 15 is 0 Å². The molecule has 0 spiro atoms. The van der Waals surface area contributed by atoms with Crippen molar-refractivity contribution in [2.24, 2.45) is 0 Å². The number of anilines is 1. The van der Waals surface area contributed by atoms with Crippen LogP contribution in [0.4, 0.5) is 10.1 Å². The Bertz CT molecular complexity index is 1200. The zero-order valence-electron chi connectivity index (χ0n) is 17.1. The highest BCUT2D eigenvalue weighted by molar-refractivity contribution is 7.89. The summed E-state index contributed by atoms with van der Waals surface area (Å²) in [5.74, 6) is -1.92. The third-order valence-corrected chi connectivity index (χ3v) is 5.85. The molecule has 9 heteroatoms. The summed E-state index contributed by atoms with van der Waals surface area (Å²) in [6.45, 7) is 1.47. The van der Waals surface area contributed by atoms with E-state index < -0.39 is 33.8 Å². The van der Waals surface area contributed by atoms with Crippen molar-refractivity contribution < 1.29 is 27.1 Å². The summed E-state index contributed by atoms with van der Waals surface area (Å²) in [5, 5.41) is 2.50. The predicted octanol–water partition coefficient (Wildman–Crippen LogP) is 3.49. The standard InChI is InChI=1S/C23H21FN2O5S/c1-16(22(27)26-20-12-10-19(24)11-13-20)31-23(28)18-8-5-9-21(14-18)32(29,30)25-15-17-6-3-2-4-7-17/h2-14,16,25H,15H2,1H3,(H,26,27). The molecule has 32 heavy (non-hydrogen) atoms. The average molecular weight is 456 g/mol. The molecule has 0 saturated carbocycles. The summed E-state index contributed by atoms with van der Waals surface area (Å²) >= 11 is 0. The number of nitrogens with one attached hydrogen (secondary N) is 2. The first-order valence-corrected chi connectivity index (χ1v) is 11.1. The van der Waals surface area contributed by atoms with Crippen molar-refractivity contribution in [2.45, 2.75) is 24.5 Å². The molecule has 3 rings (SSSR count). The van der Waals surface area contributed by atoms with E-state index in [0.29, 0.717) is 5.69 Å². The quantitative estimate of drug-likeness (QED) is 0.506. The molecule has 0 aliphatic carbocycles. The number of halogens is 1. The number of esters is 1. The molecule has 0 bridgehead atoms. The van der Waals surface area contributed by atoms with Gasteiger partial charge in [0.05, 0.1) is 10.5 Å². The topological polar surface area (TPSA) is 102 Å². The van der Waals surface area contributed by atoms with Crippen molar-refractivity contribution in [3.8, 4) is 0 Å². The molecule has 166 valence electrons. The number of carbonyl (C=O) groups excluding carboxylic acids is 2. The monoisotopic (exact) mass is 456 g/mol. The Labute approximate surface area is 185 Å². The van der Waals surface area contributed by atoms with Gasteiger partial charge in [0, 0.05) is 12.2 Å². The van der Waals surface area contributed by atoms with E-state index in [-0.39, 0.29) is 17.0 Å². The third-order valence-electron chi connectivity index (χ3n) is 4.45. The molecule has 3 aromatic rings. The summed E-state index contributed by atoms with van der Waals surface area (Å²) < 4.78 is 45.8. The van der Waals surface area contributed by atoms with E-state index in [1.807, 2.05) is 6.07 Å². The van der Waals surface area contributed by atoms with Crippen LogP contribution in [-0.4, -0.2) is 26.4 Å². The molecule has 0 aromatic heterocycles. The van der Waals surface area contributed by atoms with Gasteiger partial charge in [-0.15, -0.1) is 0 Å². The molecule has 0 aliphatic heterocycles. The lowest BCUT2D eigenvalue weighted by Gasteiger charge is -2.14. The molecule has 7 nitrogen and oxygen atoms in total. The van der Waals surface area contributed by atoms with Gasteiger partial charge >= 0.3 is 5.97 Å². The molecule has 0 fully saturated rings. The maximum atomic E-state index is 13.0. The first-order chi connectivity index (χ1) is 15.2. The Morgan fingerprint density at radius 1 is 0.969 bits per heavy atom. The van der Waals surface area contributed by atoms with E-state index in [2.05, 4.69) is 10.0 Å². The second-order valence-electron chi connectivity index (χ2n) is 6.88. The van der Waals surface area contributed by atoms with E-state index in [1.165, 1.54) is 55.5 Å². The Morgan fingerprint density at radius 3 is 2.34 bits per heavy atom. The van der Waals surface area contributed by atoms with Gasteiger partial charge in [0.1, 0.15) is 5.82 Å². The Kier molecular flexibility index (Phi) is 7.34. The number of sulfonamides is 1. The van der Waals surface area contributed by atoms with Crippen LogP contribution in [0.1, 0.15) is 22.8 Å². The average Bonchev–Trinajstić information content (AvgIpc) is 2.80. The Hall–Kier alpha value is -3.56. The van der Waals surface area contributed by atoms with Crippen LogP contribution in [0.3, 0.4) is 0 Å². The smallest absolute Gasteiger partial charge is 0.338 e. The van der Waals surface area contributed by atoms with E-state index in [0.717, 1.165) is 5.56 Å². The van der Waals surface area contributed by atoms with Crippen molar-refractivity contribution in [1.82, 2.24) is 4.72 Å². The zero-order valence-corrected chi connectivity index (χ0v) is 17.9. The SMILES string of the molecule is CC(OC(=O)c1cccc(S(=O)(=O)NCc2ccccc2)c1)C(=O)Nc1ccc(F)cc1. The number of benzene rings is 3. The van der Waals surface area contributed by atoms with Crippen LogP contribution in [-0.2, 0) is 26.1 Å². The highest BCUT2D eigenvalue weighted by Gasteiger charge is 2.21. The summed E-state index contributed by atoms with van der Waals surface area (Å²) in [6.07, 6.45) is -1.16. The van der Waals surface area contributed by atoms with Crippen LogP contribution in [0, 0.1) is 5.82 Å². The van der Waals surface area contributed by atoms with Crippen LogP contribution in [0.25, 0.3) is 0 Å². The fraction of sp³-hybridized carbons (Fsp3) is 0.130. The van der Waals surface area contributed by atoms with Crippen molar-refractivity contribution in [1.29, 1.82) is 0 Å². The normalized spacial score (nSPS) is 12.1. The molecule has 1 atom stereocenters. The molecule has 0 saturated heterocycles. The molecule has 0 radical (unpaired) electrons. The lowest BCUT2D eigenvalue weighted by Crippen LogP contribution is -2.30. The highest BCUT2D eigenvalue weighted by atomic mass is 32.2. The van der Waals surface area contributed by atoms with Crippen LogP contribution >= 0.6 is 0 Å². The fourth-order valence-corrected chi connectivity index (χ4v) is 3.77. The highest BCUT2D eigenvalue weighted by Crippen LogP contribution is 2.15. The van der Waals surface area contributed by atoms with Crippen molar-refractivity contribution in [3.63, 3.8) is 0 Å². The van der Waals surface area contributed by atoms with Crippen LogP contribution in [0.2, 0.25) is 0 Å². The van der Waals surface area contributed by atoms with Gasteiger partial charge in [-0.2, -0.15) is 0 Å². The van der Waals surface area contributed by atoms with Gasteiger partial charge in [-0.1, -0.05) is 36.4 Å². The second kappa shape index (κ2) is 10.2. The van der Waals surface area contributed by atoms with E-state index in [9.17, 15) is 22.4 Å². The summed E-state index contributed by atoms with van der Waals surface area (Å²) in [5.41, 5.74) is 1.11. The molecule has 2 N–H and O–H groups in total. The number of rotatable bonds is 8. The number of amides is 1. The Morgan fingerprint density at radius 2 is 1.66 bits per heavy atom. The van der Waals surface area contributed by atoms with Gasteiger partial charge in [0.25, 0.3) is 5.91 Å². The summed E-state index contributed by atoms with van der Waals surface area (Å²) in [6, 6.07) is 19.5. The molecule has 0 aliphatic rings. The van der Waals surface area contributed by atoms with Gasteiger partial charge < -0.3 is 10.1 Å². The minimum Gasteiger partial charge on any atom is -0.449 e. The minimum absolute atomic E-state index is 0.0194. The van der Waals surface area contributed by atoms with Gasteiger partial charge in [0.2, 0.25) is 10.0 Å². The maximum absolute atomic E-state index is 13.0. The zero-order chi connectivity index (χ0) is 23.1. The molecular weight excluding hydrogens is 435 g/mol. The first-order valence-electron chi connectivity index (χ1n) is 9.66. The summed E-state index contributed by atoms with van der Waals surface area (Å²) in [7, 11) is -3.87. The lowest BCUT2D eigenvalue weighted by molar-refractivity contribution is -0.123. The maximum Gasteiger partial charge on any atom is 0.338 e. The third kappa shape index (κ3) is 6.22. The fourth-order valence-electron chi connectivity index (χ4n) is 2.71. The van der Waals surface area contributed by atoms with E-state index in [4.69, 9.17) is 4.74 Å². The van der Waals surface area contributed by atoms with Crippen molar-refractivity contribution >= 4 is 27.6 Å². The number of hydrogen-bond donors (Lipinski definition) is 2. The number of carbonyl (C=O) groups is 2.